The third kappa shape index (κ3) is 1.67. The van der Waals surface area contributed by atoms with E-state index in [0.29, 0.717) is 5.02 Å². The Hall–Kier alpha value is -1.42. The topological polar surface area (TPSA) is 78.3 Å². The minimum absolute atomic E-state index is 0.169. The van der Waals surface area contributed by atoms with Crippen LogP contribution in [0.5, 0.6) is 5.75 Å². The first-order chi connectivity index (χ1) is 6.07. The molecule has 0 radical (unpaired) electrons. The van der Waals surface area contributed by atoms with Crippen molar-refractivity contribution in [3.63, 3.8) is 0 Å². The van der Waals surface area contributed by atoms with Crippen LogP contribution in [0.2, 0.25) is 5.02 Å². The smallest absolute Gasteiger partial charge is 0.250 e. The molecular formula is C8H9ClN2O2. The minimum Gasteiger partial charge on any atom is -0.493 e. The van der Waals surface area contributed by atoms with Crippen LogP contribution in [0.15, 0.2) is 12.1 Å². The Balaban J connectivity index is 3.35. The third-order valence-corrected chi connectivity index (χ3v) is 1.92. The van der Waals surface area contributed by atoms with E-state index in [-0.39, 0.29) is 17.0 Å². The molecule has 1 rings (SSSR count). The van der Waals surface area contributed by atoms with Crippen LogP contribution in [0.3, 0.4) is 0 Å². The van der Waals surface area contributed by atoms with Crippen molar-refractivity contribution in [2.45, 2.75) is 0 Å². The highest BCUT2D eigenvalue weighted by atomic mass is 35.5. The van der Waals surface area contributed by atoms with E-state index in [1.807, 2.05) is 0 Å². The van der Waals surface area contributed by atoms with Crippen molar-refractivity contribution in [1.29, 1.82) is 0 Å². The van der Waals surface area contributed by atoms with Gasteiger partial charge in [0.1, 0.15) is 0 Å². The van der Waals surface area contributed by atoms with Gasteiger partial charge in [0.15, 0.2) is 5.75 Å². The summed E-state index contributed by atoms with van der Waals surface area (Å²) in [4.78, 5) is 10.8. The molecule has 0 aliphatic rings. The van der Waals surface area contributed by atoms with Crippen LogP contribution in [0.4, 0.5) is 5.69 Å². The molecule has 0 unspecified atom stereocenters. The van der Waals surface area contributed by atoms with E-state index in [4.69, 9.17) is 27.8 Å². The molecule has 0 bridgehead atoms. The first kappa shape index (κ1) is 9.67. The number of anilines is 1. The van der Waals surface area contributed by atoms with Gasteiger partial charge in [-0.3, -0.25) is 4.79 Å². The first-order valence-electron chi connectivity index (χ1n) is 3.49. The van der Waals surface area contributed by atoms with E-state index in [1.165, 1.54) is 19.2 Å². The number of nitrogens with two attached hydrogens (primary N) is 2. The quantitative estimate of drug-likeness (QED) is 0.700. The number of carbonyl (C=O) groups is 1. The van der Waals surface area contributed by atoms with Crippen molar-refractivity contribution in [3.05, 3.63) is 22.7 Å². The van der Waals surface area contributed by atoms with Gasteiger partial charge < -0.3 is 16.2 Å². The second-order valence-electron chi connectivity index (χ2n) is 2.41. The molecule has 1 amide bonds. The predicted octanol–water partition coefficient (Wildman–Crippen LogP) is 1.03. The van der Waals surface area contributed by atoms with Gasteiger partial charge in [0.05, 0.1) is 23.4 Å². The lowest BCUT2D eigenvalue weighted by molar-refractivity contribution is 0.100. The van der Waals surface area contributed by atoms with E-state index in [9.17, 15) is 4.79 Å². The molecule has 4 N–H and O–H groups in total. The standard InChI is InChI=1S/C8H9ClN2O2/c1-13-7-5(9)3-2-4(6(7)10)8(11)12/h2-3H,10H2,1H3,(H2,11,12). The molecule has 4 nitrogen and oxygen atoms in total. The first-order valence-corrected chi connectivity index (χ1v) is 3.87. The third-order valence-electron chi connectivity index (χ3n) is 1.62. The summed E-state index contributed by atoms with van der Waals surface area (Å²) in [5, 5.41) is 0.352. The highest BCUT2D eigenvalue weighted by Crippen LogP contribution is 2.32. The van der Waals surface area contributed by atoms with Crippen LogP contribution in [0, 0.1) is 0 Å². The van der Waals surface area contributed by atoms with Crippen molar-refractivity contribution < 1.29 is 9.53 Å². The van der Waals surface area contributed by atoms with E-state index >= 15 is 0 Å². The number of benzene rings is 1. The molecule has 0 atom stereocenters. The number of amides is 1. The molecule has 1 aromatic rings. The maximum absolute atomic E-state index is 10.8. The van der Waals surface area contributed by atoms with Gasteiger partial charge in [-0.2, -0.15) is 0 Å². The molecule has 0 heterocycles. The van der Waals surface area contributed by atoms with Crippen LogP contribution in [-0.2, 0) is 0 Å². The lowest BCUT2D eigenvalue weighted by Gasteiger charge is -2.08. The fourth-order valence-corrected chi connectivity index (χ4v) is 1.24. The molecule has 70 valence electrons. The average molecular weight is 201 g/mol. The Labute approximate surface area is 80.4 Å². The second kappa shape index (κ2) is 3.53. The highest BCUT2D eigenvalue weighted by molar-refractivity contribution is 6.32. The summed E-state index contributed by atoms with van der Waals surface area (Å²) >= 11 is 5.75. The molecule has 5 heteroatoms. The van der Waals surface area contributed by atoms with Gasteiger partial charge in [-0.1, -0.05) is 11.6 Å². The van der Waals surface area contributed by atoms with Gasteiger partial charge in [-0.15, -0.1) is 0 Å². The number of carbonyl (C=O) groups excluding carboxylic acids is 1. The van der Waals surface area contributed by atoms with Gasteiger partial charge in [-0.25, -0.2) is 0 Å². The summed E-state index contributed by atoms with van der Waals surface area (Å²) in [6, 6.07) is 2.97. The summed E-state index contributed by atoms with van der Waals surface area (Å²) in [6.07, 6.45) is 0. The number of primary amides is 1. The molecule has 0 aromatic heterocycles. The average Bonchev–Trinajstić information content (AvgIpc) is 2.04. The van der Waals surface area contributed by atoms with E-state index in [1.54, 1.807) is 0 Å². The Morgan fingerprint density at radius 3 is 2.62 bits per heavy atom. The van der Waals surface area contributed by atoms with Crippen molar-refractivity contribution in [2.75, 3.05) is 12.8 Å². The van der Waals surface area contributed by atoms with Crippen LogP contribution >= 0.6 is 11.6 Å². The zero-order valence-electron chi connectivity index (χ0n) is 7.00. The summed E-state index contributed by atoms with van der Waals surface area (Å²) in [5.74, 6) is -0.328. The second-order valence-corrected chi connectivity index (χ2v) is 2.81. The number of ether oxygens (including phenoxy) is 1. The van der Waals surface area contributed by atoms with Crippen LogP contribution < -0.4 is 16.2 Å². The van der Waals surface area contributed by atoms with Crippen molar-refractivity contribution in [2.24, 2.45) is 5.73 Å². The Bertz CT molecular complexity index is 352. The number of rotatable bonds is 2. The van der Waals surface area contributed by atoms with Gasteiger partial charge in [0, 0.05) is 0 Å². The lowest BCUT2D eigenvalue weighted by Crippen LogP contribution is -2.14. The SMILES string of the molecule is COc1c(Cl)ccc(C(N)=O)c1N. The number of halogens is 1. The van der Waals surface area contributed by atoms with Crippen molar-refractivity contribution >= 4 is 23.2 Å². The van der Waals surface area contributed by atoms with Crippen molar-refractivity contribution in [3.8, 4) is 5.75 Å². The van der Waals surface area contributed by atoms with E-state index in [2.05, 4.69) is 0 Å². The molecule has 0 saturated heterocycles. The highest BCUT2D eigenvalue weighted by Gasteiger charge is 2.13. The Kier molecular flexibility index (Phi) is 2.63. The van der Waals surface area contributed by atoms with Crippen LogP contribution in [0.25, 0.3) is 0 Å². The van der Waals surface area contributed by atoms with Gasteiger partial charge in [0.25, 0.3) is 5.91 Å². The normalized spacial score (nSPS) is 9.69. The van der Waals surface area contributed by atoms with Gasteiger partial charge >= 0.3 is 0 Å². The summed E-state index contributed by atoms with van der Waals surface area (Å²) in [5.41, 5.74) is 11.0. The Morgan fingerprint density at radius 1 is 1.54 bits per heavy atom. The molecule has 0 fully saturated rings. The van der Waals surface area contributed by atoms with Gasteiger partial charge in [-0.05, 0) is 12.1 Å². The number of hydrogen-bond acceptors (Lipinski definition) is 3. The zero-order chi connectivity index (χ0) is 10.0. The summed E-state index contributed by atoms with van der Waals surface area (Å²) in [6.45, 7) is 0. The number of methoxy groups -OCH3 is 1. The largest absolute Gasteiger partial charge is 0.493 e. The maximum atomic E-state index is 10.8. The van der Waals surface area contributed by atoms with Crippen LogP contribution in [-0.4, -0.2) is 13.0 Å². The minimum atomic E-state index is -0.604. The molecule has 0 spiro atoms. The van der Waals surface area contributed by atoms with E-state index < -0.39 is 5.91 Å². The lowest BCUT2D eigenvalue weighted by atomic mass is 10.1. The maximum Gasteiger partial charge on any atom is 0.250 e. The summed E-state index contributed by atoms with van der Waals surface area (Å²) in [7, 11) is 1.42. The molecule has 0 aliphatic heterocycles. The van der Waals surface area contributed by atoms with Crippen molar-refractivity contribution in [1.82, 2.24) is 0 Å². The molecule has 0 saturated carbocycles. The predicted molar refractivity (Wildman–Crippen MR) is 50.9 cm³/mol. The van der Waals surface area contributed by atoms with Gasteiger partial charge in [0.2, 0.25) is 0 Å². The summed E-state index contributed by atoms with van der Waals surface area (Å²) < 4.78 is 4.90. The number of nitrogen functional groups attached to an aromatic ring is 1. The van der Waals surface area contributed by atoms with Crippen LogP contribution in [0.1, 0.15) is 10.4 Å². The fourth-order valence-electron chi connectivity index (χ4n) is 0.995. The molecule has 13 heavy (non-hydrogen) atoms. The van der Waals surface area contributed by atoms with E-state index in [0.717, 1.165) is 0 Å². The fraction of sp³-hybridized carbons (Fsp3) is 0.125. The number of hydrogen-bond donors (Lipinski definition) is 2. The molecular weight excluding hydrogens is 192 g/mol. The zero-order valence-corrected chi connectivity index (χ0v) is 7.76. The monoisotopic (exact) mass is 200 g/mol. The molecule has 0 aliphatic carbocycles. The molecule has 1 aromatic carbocycles. The Morgan fingerprint density at radius 2 is 2.15 bits per heavy atom.